The monoisotopic (exact) mass is 208 g/mol. The molecule has 2 rings (SSSR count). The molecule has 0 saturated heterocycles. The lowest BCUT2D eigenvalue weighted by atomic mass is 10.2. The molecule has 0 unspecified atom stereocenters. The average molecular weight is 209 g/mol. The zero-order valence-electron chi connectivity index (χ0n) is 5.66. The molecule has 0 aromatic carbocycles. The first-order chi connectivity index (χ1) is 5.38. The highest BCUT2D eigenvalue weighted by atomic mass is 79.9. The standard InChI is InChI=1S/C8H5BrN2/c9-8-5-11-3-6-1-2-10-4-7(6)8/h1-5H. The molecule has 0 aliphatic rings. The summed E-state index contributed by atoms with van der Waals surface area (Å²) in [6.45, 7) is 0. The molecule has 2 heterocycles. The van der Waals surface area contributed by atoms with Gasteiger partial charge in [0.15, 0.2) is 0 Å². The summed E-state index contributed by atoms with van der Waals surface area (Å²) >= 11 is 3.39. The number of nitrogens with zero attached hydrogens (tertiary/aromatic N) is 2. The number of aromatic nitrogens is 2. The Hall–Kier alpha value is -0.960. The van der Waals surface area contributed by atoms with Gasteiger partial charge in [0.05, 0.1) is 0 Å². The Balaban J connectivity index is 2.91. The Morgan fingerprint density at radius 3 is 2.82 bits per heavy atom. The van der Waals surface area contributed by atoms with Crippen LogP contribution in [0.4, 0.5) is 0 Å². The quantitative estimate of drug-likeness (QED) is 0.665. The normalized spacial score (nSPS) is 10.3. The van der Waals surface area contributed by atoms with Gasteiger partial charge in [0, 0.05) is 40.0 Å². The topological polar surface area (TPSA) is 25.8 Å². The van der Waals surface area contributed by atoms with Crippen molar-refractivity contribution in [2.45, 2.75) is 0 Å². The highest BCUT2D eigenvalue weighted by Gasteiger charge is 1.95. The van der Waals surface area contributed by atoms with Gasteiger partial charge in [-0.2, -0.15) is 0 Å². The van der Waals surface area contributed by atoms with Crippen LogP contribution in [0.5, 0.6) is 0 Å². The van der Waals surface area contributed by atoms with Crippen molar-refractivity contribution in [1.82, 2.24) is 9.97 Å². The molecule has 0 fully saturated rings. The van der Waals surface area contributed by atoms with Crippen LogP contribution in [-0.2, 0) is 0 Å². The molecule has 2 nitrogen and oxygen atoms in total. The Morgan fingerprint density at radius 1 is 1.09 bits per heavy atom. The summed E-state index contributed by atoms with van der Waals surface area (Å²) in [5.41, 5.74) is 0. The molecule has 11 heavy (non-hydrogen) atoms. The van der Waals surface area contributed by atoms with Crippen molar-refractivity contribution >= 4 is 26.7 Å². The van der Waals surface area contributed by atoms with E-state index >= 15 is 0 Å². The lowest BCUT2D eigenvalue weighted by Crippen LogP contribution is -1.78. The van der Waals surface area contributed by atoms with Gasteiger partial charge in [0.1, 0.15) is 0 Å². The van der Waals surface area contributed by atoms with E-state index in [1.807, 2.05) is 18.5 Å². The van der Waals surface area contributed by atoms with Crippen LogP contribution in [0.25, 0.3) is 10.8 Å². The number of fused-ring (bicyclic) bond motifs is 1. The molecule has 0 radical (unpaired) electrons. The van der Waals surface area contributed by atoms with Crippen LogP contribution >= 0.6 is 15.9 Å². The van der Waals surface area contributed by atoms with Crippen molar-refractivity contribution < 1.29 is 0 Å². The summed E-state index contributed by atoms with van der Waals surface area (Å²) in [4.78, 5) is 8.05. The number of pyridine rings is 2. The summed E-state index contributed by atoms with van der Waals surface area (Å²) in [6.07, 6.45) is 7.17. The maximum absolute atomic E-state index is 4.04. The van der Waals surface area contributed by atoms with E-state index in [0.717, 1.165) is 15.2 Å². The summed E-state index contributed by atoms with van der Waals surface area (Å²) < 4.78 is 0.989. The van der Waals surface area contributed by atoms with Gasteiger partial charge in [-0.1, -0.05) is 0 Å². The van der Waals surface area contributed by atoms with E-state index in [1.54, 1.807) is 12.4 Å². The fourth-order valence-electron chi connectivity index (χ4n) is 0.970. The van der Waals surface area contributed by atoms with Gasteiger partial charge < -0.3 is 0 Å². The number of halogens is 1. The number of hydrogen-bond acceptors (Lipinski definition) is 2. The van der Waals surface area contributed by atoms with Crippen LogP contribution in [0, 0.1) is 0 Å². The highest BCUT2D eigenvalue weighted by molar-refractivity contribution is 9.10. The summed E-state index contributed by atoms with van der Waals surface area (Å²) in [7, 11) is 0. The molecule has 0 atom stereocenters. The zero-order chi connectivity index (χ0) is 7.68. The van der Waals surface area contributed by atoms with Gasteiger partial charge in [-0.15, -0.1) is 0 Å². The molecule has 0 aliphatic heterocycles. The van der Waals surface area contributed by atoms with E-state index in [9.17, 15) is 0 Å². The minimum Gasteiger partial charge on any atom is -0.264 e. The number of hydrogen-bond donors (Lipinski definition) is 0. The first kappa shape index (κ1) is 6.73. The molecule has 0 aliphatic carbocycles. The maximum Gasteiger partial charge on any atom is 0.0452 e. The summed E-state index contributed by atoms with van der Waals surface area (Å²) in [5, 5.41) is 2.21. The Morgan fingerprint density at radius 2 is 2.00 bits per heavy atom. The van der Waals surface area contributed by atoms with Gasteiger partial charge in [0.25, 0.3) is 0 Å². The van der Waals surface area contributed by atoms with Gasteiger partial charge in [-0.05, 0) is 22.0 Å². The molecule has 54 valence electrons. The van der Waals surface area contributed by atoms with E-state index < -0.39 is 0 Å². The van der Waals surface area contributed by atoms with E-state index in [1.165, 1.54) is 0 Å². The third-order valence-corrected chi connectivity index (χ3v) is 2.15. The van der Waals surface area contributed by atoms with E-state index in [2.05, 4.69) is 25.9 Å². The van der Waals surface area contributed by atoms with Crippen molar-refractivity contribution in [3.63, 3.8) is 0 Å². The minimum absolute atomic E-state index is 0.989. The Labute approximate surface area is 72.4 Å². The van der Waals surface area contributed by atoms with Crippen molar-refractivity contribution in [3.8, 4) is 0 Å². The van der Waals surface area contributed by atoms with Crippen molar-refractivity contribution in [2.24, 2.45) is 0 Å². The van der Waals surface area contributed by atoms with Crippen LogP contribution in [-0.4, -0.2) is 9.97 Å². The average Bonchev–Trinajstić information content (AvgIpc) is 2.06. The molecule has 2 aromatic rings. The largest absolute Gasteiger partial charge is 0.264 e. The Kier molecular flexibility index (Phi) is 1.58. The van der Waals surface area contributed by atoms with E-state index in [4.69, 9.17) is 0 Å². The van der Waals surface area contributed by atoms with E-state index in [-0.39, 0.29) is 0 Å². The number of rotatable bonds is 0. The maximum atomic E-state index is 4.04. The molecule has 0 N–H and O–H groups in total. The molecular weight excluding hydrogens is 204 g/mol. The summed E-state index contributed by atoms with van der Waals surface area (Å²) in [6, 6.07) is 1.94. The second-order valence-corrected chi connectivity index (χ2v) is 3.07. The van der Waals surface area contributed by atoms with Crippen molar-refractivity contribution in [1.29, 1.82) is 0 Å². The molecule has 0 spiro atoms. The smallest absolute Gasteiger partial charge is 0.0452 e. The molecule has 0 amide bonds. The second kappa shape index (κ2) is 2.58. The van der Waals surface area contributed by atoms with Crippen molar-refractivity contribution in [2.75, 3.05) is 0 Å². The predicted molar refractivity (Wildman–Crippen MR) is 47.2 cm³/mol. The van der Waals surface area contributed by atoms with E-state index in [0.29, 0.717) is 0 Å². The third kappa shape index (κ3) is 1.12. The van der Waals surface area contributed by atoms with Crippen LogP contribution in [0.15, 0.2) is 35.3 Å². The van der Waals surface area contributed by atoms with Crippen LogP contribution in [0.1, 0.15) is 0 Å². The third-order valence-electron chi connectivity index (χ3n) is 1.51. The first-order valence-electron chi connectivity index (χ1n) is 3.21. The Bertz CT molecular complexity index is 381. The molecule has 3 heteroatoms. The van der Waals surface area contributed by atoms with Gasteiger partial charge in [-0.25, -0.2) is 0 Å². The molecule has 2 aromatic heterocycles. The first-order valence-corrected chi connectivity index (χ1v) is 4.00. The fourth-order valence-corrected chi connectivity index (χ4v) is 1.42. The highest BCUT2D eigenvalue weighted by Crippen LogP contribution is 2.20. The summed E-state index contributed by atoms with van der Waals surface area (Å²) in [5.74, 6) is 0. The second-order valence-electron chi connectivity index (χ2n) is 2.22. The van der Waals surface area contributed by atoms with Gasteiger partial charge >= 0.3 is 0 Å². The lowest BCUT2D eigenvalue weighted by molar-refractivity contribution is 1.31. The van der Waals surface area contributed by atoms with Crippen molar-refractivity contribution in [3.05, 3.63) is 35.3 Å². The minimum atomic E-state index is 0.989. The fraction of sp³-hybridized carbons (Fsp3) is 0. The molecular formula is C8H5BrN2. The van der Waals surface area contributed by atoms with Gasteiger partial charge in [-0.3, -0.25) is 9.97 Å². The SMILES string of the molecule is Brc1cncc2ccncc12. The zero-order valence-corrected chi connectivity index (χ0v) is 7.25. The predicted octanol–water partition coefficient (Wildman–Crippen LogP) is 2.39. The molecule has 0 saturated carbocycles. The van der Waals surface area contributed by atoms with Gasteiger partial charge in [0.2, 0.25) is 0 Å². The van der Waals surface area contributed by atoms with Crippen LogP contribution in [0.2, 0.25) is 0 Å². The lowest BCUT2D eigenvalue weighted by Gasteiger charge is -1.96. The molecule has 0 bridgehead atoms. The van der Waals surface area contributed by atoms with Crippen LogP contribution in [0.3, 0.4) is 0 Å². The van der Waals surface area contributed by atoms with Crippen LogP contribution < -0.4 is 0 Å².